The second-order valence-corrected chi connectivity index (χ2v) is 1.57. The van der Waals surface area contributed by atoms with Crippen molar-refractivity contribution in [1.29, 1.82) is 0 Å². The van der Waals surface area contributed by atoms with Crippen molar-refractivity contribution >= 4 is 58.7 Å². The predicted molar refractivity (Wildman–Crippen MR) is 28.9 cm³/mol. The summed E-state index contributed by atoms with van der Waals surface area (Å²) in [5.74, 6) is 0. The zero-order valence-corrected chi connectivity index (χ0v) is 12.6. The van der Waals surface area contributed by atoms with Crippen molar-refractivity contribution in [3.63, 3.8) is 0 Å². The van der Waals surface area contributed by atoms with E-state index in [4.69, 9.17) is 0 Å². The summed E-state index contributed by atoms with van der Waals surface area (Å²) in [6.45, 7) is 0. The summed E-state index contributed by atoms with van der Waals surface area (Å²) in [6.07, 6.45) is 0. The third-order valence-corrected chi connectivity index (χ3v) is 0. The van der Waals surface area contributed by atoms with E-state index >= 15 is 0 Å². The summed E-state index contributed by atoms with van der Waals surface area (Å²) in [5.41, 5.74) is 0. The molecular formula is H3BiBr2OTi. The van der Waals surface area contributed by atoms with Crippen molar-refractivity contribution in [2.75, 3.05) is 0 Å². The molecule has 32 valence electrons. The van der Waals surface area contributed by atoms with Crippen LogP contribution in [0.5, 0.6) is 0 Å². The second-order valence-electron chi connectivity index (χ2n) is 0.0583. The van der Waals surface area contributed by atoms with E-state index in [1.807, 2.05) is 0 Å². The monoisotopic (exact) mass is 434 g/mol. The molecule has 0 aliphatic carbocycles. The molecule has 1 nitrogen and oxygen atoms in total. The molecule has 0 atom stereocenters. The summed E-state index contributed by atoms with van der Waals surface area (Å²) in [7, 11) is 0. The molecule has 5 heavy (non-hydrogen) atoms. The van der Waals surface area contributed by atoms with Gasteiger partial charge in [-0.1, -0.05) is 0 Å². The Morgan fingerprint density at radius 2 is 1.20 bits per heavy atom. The Balaban J connectivity index is -0.0000000200. The van der Waals surface area contributed by atoms with Crippen LogP contribution in [-0.2, 0) is 24.6 Å². The van der Waals surface area contributed by atoms with Crippen LogP contribution < -0.4 is 0 Å². The summed E-state index contributed by atoms with van der Waals surface area (Å²) >= 11 is 5.12. The fourth-order valence-corrected chi connectivity index (χ4v) is 0. The van der Waals surface area contributed by atoms with Crippen LogP contribution in [0.2, 0.25) is 0 Å². The van der Waals surface area contributed by atoms with Gasteiger partial charge in [-0.05, 0) is 0 Å². The zero-order chi connectivity index (χ0) is 2.71. The molecule has 0 aliphatic rings. The maximum atomic E-state index is 3.88. The molecule has 0 saturated heterocycles. The van der Waals surface area contributed by atoms with Crippen LogP contribution in [0.15, 0.2) is 0 Å². The van der Waals surface area contributed by atoms with E-state index in [1.54, 1.807) is 0 Å². The van der Waals surface area contributed by atoms with Crippen molar-refractivity contribution in [1.82, 2.24) is 0 Å². The standard InChI is InChI=1S/Bi.Br2O.Ti.3H/c;1-3-2;;;;. The van der Waals surface area contributed by atoms with Gasteiger partial charge in [0.25, 0.3) is 0 Å². The summed E-state index contributed by atoms with van der Waals surface area (Å²) < 4.78 is 3.88. The molecule has 0 unspecified atom stereocenters. The van der Waals surface area contributed by atoms with Crippen LogP contribution in [0.4, 0.5) is 0 Å². The van der Waals surface area contributed by atoms with E-state index in [9.17, 15) is 0 Å². The van der Waals surface area contributed by atoms with Gasteiger partial charge in [-0.3, -0.25) is 0 Å². The Morgan fingerprint density at radius 3 is 1.20 bits per heavy atom. The Kier molecular flexibility index (Phi) is 50.2. The van der Waals surface area contributed by atoms with Crippen molar-refractivity contribution in [3.05, 3.63) is 0 Å². The first kappa shape index (κ1) is 15.6. The minimum absolute atomic E-state index is 0. The molecule has 0 spiro atoms. The molecule has 0 aromatic rings. The molecule has 0 amide bonds. The van der Waals surface area contributed by atoms with Crippen LogP contribution in [-0.4, -0.2) is 26.2 Å². The second kappa shape index (κ2) is 16.0. The van der Waals surface area contributed by atoms with E-state index in [2.05, 4.69) is 35.4 Å². The molecular weight excluding hydrogens is 433 g/mol. The van der Waals surface area contributed by atoms with E-state index in [-0.39, 0.29) is 47.9 Å². The predicted octanol–water partition coefficient (Wildman–Crippen LogP) is 0.436. The molecule has 0 fully saturated rings. The van der Waals surface area contributed by atoms with Gasteiger partial charge >= 0.3 is 26.2 Å². The van der Waals surface area contributed by atoms with E-state index in [1.165, 1.54) is 0 Å². The number of hydrogen-bond acceptors (Lipinski definition) is 1. The van der Waals surface area contributed by atoms with Crippen molar-refractivity contribution in [3.8, 4) is 0 Å². The van der Waals surface area contributed by atoms with Gasteiger partial charge in [0, 0.05) is 21.7 Å². The van der Waals surface area contributed by atoms with Crippen molar-refractivity contribution < 1.29 is 24.6 Å². The maximum absolute atomic E-state index is 3.88. The fraction of sp³-hybridized carbons (Fsp3) is 0. The Morgan fingerprint density at radius 1 is 1.20 bits per heavy atom. The van der Waals surface area contributed by atoms with Crippen LogP contribution in [0.3, 0.4) is 0 Å². The Bertz CT molecular complexity index is 9.61. The van der Waals surface area contributed by atoms with E-state index in [0.29, 0.717) is 0 Å². The van der Waals surface area contributed by atoms with Gasteiger partial charge in [-0.2, -0.15) is 0 Å². The fourth-order valence-electron chi connectivity index (χ4n) is 0. The quantitative estimate of drug-likeness (QED) is 0.502. The van der Waals surface area contributed by atoms with Gasteiger partial charge in [0.05, 0.1) is 0 Å². The number of hydrogen-bond donors (Lipinski definition) is 0. The normalized spacial score (nSPS) is 3.60. The first-order chi connectivity index (χ1) is 1.41. The minimum Gasteiger partial charge on any atom is 0 e. The van der Waals surface area contributed by atoms with E-state index in [0.717, 1.165) is 0 Å². The summed E-state index contributed by atoms with van der Waals surface area (Å²) in [6, 6.07) is 0. The topological polar surface area (TPSA) is 9.23 Å². The van der Waals surface area contributed by atoms with Crippen molar-refractivity contribution in [2.24, 2.45) is 0 Å². The van der Waals surface area contributed by atoms with Gasteiger partial charge in [0.15, 0.2) is 0 Å². The molecule has 0 aromatic heterocycles. The molecule has 0 aromatic carbocycles. The molecule has 0 bridgehead atoms. The number of rotatable bonds is 0. The molecule has 0 N–H and O–H groups in total. The molecule has 0 aliphatic heterocycles. The van der Waals surface area contributed by atoms with Gasteiger partial charge in [0.2, 0.25) is 0 Å². The average molecular weight is 436 g/mol. The SMILES string of the molecule is BrOBr.[BiH3].[Ti]. The number of halogens is 2. The first-order valence-electron chi connectivity index (χ1n) is 0.309. The first-order valence-corrected chi connectivity index (χ1v) is 1.60. The molecule has 0 heterocycles. The molecule has 0 radical (unpaired) electrons. The van der Waals surface area contributed by atoms with Gasteiger partial charge in [-0.25, -0.2) is 2.92 Å². The molecule has 5 heteroatoms. The smallest absolute Gasteiger partial charge is 0 e. The Hall–Kier alpha value is 2.52. The van der Waals surface area contributed by atoms with Gasteiger partial charge in [0.1, 0.15) is 32.5 Å². The minimum atomic E-state index is 0. The van der Waals surface area contributed by atoms with Gasteiger partial charge in [-0.15, -0.1) is 0 Å². The zero-order valence-electron chi connectivity index (χ0n) is 2.37. The third kappa shape index (κ3) is 21.0. The summed E-state index contributed by atoms with van der Waals surface area (Å²) in [5, 5.41) is 0. The van der Waals surface area contributed by atoms with Gasteiger partial charge < -0.3 is 0 Å². The Labute approximate surface area is 82.1 Å². The van der Waals surface area contributed by atoms with Crippen LogP contribution in [0, 0.1) is 0 Å². The summed E-state index contributed by atoms with van der Waals surface area (Å²) in [4.78, 5) is 0. The van der Waals surface area contributed by atoms with Crippen LogP contribution >= 0.6 is 32.5 Å². The average Bonchev–Trinajstić information content (AvgIpc) is 0.918. The third-order valence-electron chi connectivity index (χ3n) is 0. The van der Waals surface area contributed by atoms with E-state index < -0.39 is 0 Å². The van der Waals surface area contributed by atoms with Crippen LogP contribution in [0.25, 0.3) is 0 Å². The largest absolute Gasteiger partial charge is 0 e. The maximum Gasteiger partial charge on any atom is 0 e. The molecule has 0 saturated carbocycles. The van der Waals surface area contributed by atoms with Crippen molar-refractivity contribution in [2.45, 2.75) is 0 Å². The van der Waals surface area contributed by atoms with Crippen LogP contribution in [0.1, 0.15) is 0 Å². The molecule has 0 rings (SSSR count).